The second-order valence-electron chi connectivity index (χ2n) is 3.53. The first kappa shape index (κ1) is 11.8. The van der Waals surface area contributed by atoms with Crippen molar-refractivity contribution in [2.45, 2.75) is 26.4 Å². The Bertz CT molecular complexity index is 221. The van der Waals surface area contributed by atoms with Gasteiger partial charge < -0.3 is 4.74 Å². The summed E-state index contributed by atoms with van der Waals surface area (Å²) < 4.78 is 5.60. The Morgan fingerprint density at radius 3 is 1.85 bits per heavy atom. The minimum atomic E-state index is -0.0959. The van der Waals surface area contributed by atoms with E-state index in [4.69, 9.17) is 4.74 Å². The topological polar surface area (TPSA) is 9.23 Å². The first-order valence-electron chi connectivity index (χ1n) is 4.32. The Kier molecular flexibility index (Phi) is 4.90. The summed E-state index contributed by atoms with van der Waals surface area (Å²) in [6, 6.07) is 9.86. The molecule has 0 aromatic heterocycles. The van der Waals surface area contributed by atoms with Gasteiger partial charge >= 0.3 is 0 Å². The predicted octanol–water partition coefficient (Wildman–Crippen LogP) is 3.67. The molecule has 0 amide bonds. The Hall–Kier alpha value is -1.24. The van der Waals surface area contributed by atoms with Gasteiger partial charge in [-0.15, -0.1) is 13.2 Å². The SMILES string of the molecule is C=C.CC(C)(C)Oc1ccccc1. The molecular formula is C12H18O. The van der Waals surface area contributed by atoms with Gasteiger partial charge in [0.1, 0.15) is 11.4 Å². The second-order valence-corrected chi connectivity index (χ2v) is 3.53. The van der Waals surface area contributed by atoms with Gasteiger partial charge in [0.25, 0.3) is 0 Å². The molecule has 13 heavy (non-hydrogen) atoms. The Morgan fingerprint density at radius 2 is 1.46 bits per heavy atom. The molecule has 1 rings (SSSR count). The van der Waals surface area contributed by atoms with Gasteiger partial charge in [-0.3, -0.25) is 0 Å². The molecule has 0 unspecified atom stereocenters. The van der Waals surface area contributed by atoms with Crippen LogP contribution in [0.3, 0.4) is 0 Å². The molecule has 0 radical (unpaired) electrons. The largest absolute Gasteiger partial charge is 0.488 e. The maximum Gasteiger partial charge on any atom is 0.120 e. The summed E-state index contributed by atoms with van der Waals surface area (Å²) in [5, 5.41) is 0. The van der Waals surface area contributed by atoms with Crippen LogP contribution in [-0.4, -0.2) is 5.60 Å². The quantitative estimate of drug-likeness (QED) is 0.596. The molecule has 1 heteroatoms. The molecule has 0 bridgehead atoms. The van der Waals surface area contributed by atoms with Gasteiger partial charge in [-0.2, -0.15) is 0 Å². The standard InChI is InChI=1S/C10H14O.C2H4/c1-10(2,3)11-9-7-5-4-6-8-9;1-2/h4-8H,1-3H3;1-2H2. The second kappa shape index (κ2) is 5.41. The minimum Gasteiger partial charge on any atom is -0.488 e. The molecular weight excluding hydrogens is 160 g/mol. The van der Waals surface area contributed by atoms with Crippen LogP contribution in [0, 0.1) is 0 Å². The lowest BCUT2D eigenvalue weighted by Gasteiger charge is -2.20. The van der Waals surface area contributed by atoms with Crippen LogP contribution < -0.4 is 4.74 Å². The van der Waals surface area contributed by atoms with Crippen LogP contribution in [-0.2, 0) is 0 Å². The van der Waals surface area contributed by atoms with Gasteiger partial charge in [-0.05, 0) is 32.9 Å². The summed E-state index contributed by atoms with van der Waals surface area (Å²) in [5.74, 6) is 0.931. The first-order chi connectivity index (χ1) is 6.08. The molecule has 0 saturated heterocycles. The van der Waals surface area contributed by atoms with Crippen LogP contribution in [0.2, 0.25) is 0 Å². The van der Waals surface area contributed by atoms with Crippen molar-refractivity contribution in [1.29, 1.82) is 0 Å². The van der Waals surface area contributed by atoms with E-state index >= 15 is 0 Å². The third-order valence-electron chi connectivity index (χ3n) is 1.17. The molecule has 0 saturated carbocycles. The van der Waals surface area contributed by atoms with Gasteiger partial charge in [0.05, 0.1) is 0 Å². The van der Waals surface area contributed by atoms with Crippen LogP contribution in [0.1, 0.15) is 20.8 Å². The number of hydrogen-bond donors (Lipinski definition) is 0. The van der Waals surface area contributed by atoms with Gasteiger partial charge in [0.15, 0.2) is 0 Å². The highest BCUT2D eigenvalue weighted by Crippen LogP contribution is 2.16. The van der Waals surface area contributed by atoms with Crippen molar-refractivity contribution in [3.63, 3.8) is 0 Å². The van der Waals surface area contributed by atoms with E-state index in [-0.39, 0.29) is 5.60 Å². The maximum atomic E-state index is 5.60. The molecule has 0 fully saturated rings. The average Bonchev–Trinajstić information content (AvgIpc) is 2.07. The van der Waals surface area contributed by atoms with Crippen LogP contribution in [0.25, 0.3) is 0 Å². The lowest BCUT2D eigenvalue weighted by molar-refractivity contribution is 0.131. The third kappa shape index (κ3) is 5.97. The molecule has 0 aliphatic heterocycles. The van der Waals surface area contributed by atoms with Crippen LogP contribution in [0.5, 0.6) is 5.75 Å². The van der Waals surface area contributed by atoms with E-state index in [0.29, 0.717) is 0 Å². The molecule has 72 valence electrons. The summed E-state index contributed by atoms with van der Waals surface area (Å²) in [6.45, 7) is 12.1. The number of ether oxygens (including phenoxy) is 1. The van der Waals surface area contributed by atoms with E-state index in [0.717, 1.165) is 5.75 Å². The molecule has 0 aliphatic rings. The van der Waals surface area contributed by atoms with Gasteiger partial charge in [-0.25, -0.2) is 0 Å². The van der Waals surface area contributed by atoms with Gasteiger partial charge in [-0.1, -0.05) is 18.2 Å². The zero-order valence-corrected chi connectivity index (χ0v) is 8.71. The molecule has 0 aliphatic carbocycles. The lowest BCUT2D eigenvalue weighted by Crippen LogP contribution is -2.22. The molecule has 0 spiro atoms. The summed E-state index contributed by atoms with van der Waals surface area (Å²) in [7, 11) is 0. The third-order valence-corrected chi connectivity index (χ3v) is 1.17. The monoisotopic (exact) mass is 178 g/mol. The summed E-state index contributed by atoms with van der Waals surface area (Å²) in [6.07, 6.45) is 0. The molecule has 0 N–H and O–H groups in total. The van der Waals surface area contributed by atoms with Gasteiger partial charge in [0.2, 0.25) is 0 Å². The molecule has 1 aromatic carbocycles. The molecule has 0 atom stereocenters. The Morgan fingerprint density at radius 1 is 1.00 bits per heavy atom. The number of benzene rings is 1. The molecule has 1 aromatic rings. The average molecular weight is 178 g/mol. The summed E-state index contributed by atoms with van der Waals surface area (Å²) in [4.78, 5) is 0. The fourth-order valence-electron chi connectivity index (χ4n) is 0.842. The van der Waals surface area contributed by atoms with E-state index in [2.05, 4.69) is 13.2 Å². The number of para-hydroxylation sites is 1. The molecule has 1 nitrogen and oxygen atoms in total. The van der Waals surface area contributed by atoms with Crippen molar-refractivity contribution in [2.75, 3.05) is 0 Å². The zero-order valence-electron chi connectivity index (χ0n) is 8.71. The Labute approximate surface area is 81.1 Å². The lowest BCUT2D eigenvalue weighted by atomic mass is 10.2. The highest BCUT2D eigenvalue weighted by Gasteiger charge is 2.10. The van der Waals surface area contributed by atoms with Gasteiger partial charge in [0, 0.05) is 0 Å². The fraction of sp³-hybridized carbons (Fsp3) is 0.333. The van der Waals surface area contributed by atoms with Crippen molar-refractivity contribution in [2.24, 2.45) is 0 Å². The van der Waals surface area contributed by atoms with Crippen molar-refractivity contribution < 1.29 is 4.74 Å². The van der Waals surface area contributed by atoms with Crippen molar-refractivity contribution in [3.05, 3.63) is 43.5 Å². The van der Waals surface area contributed by atoms with E-state index in [1.165, 1.54) is 0 Å². The Balaban J connectivity index is 0.000000671. The zero-order chi connectivity index (χ0) is 10.3. The fourth-order valence-corrected chi connectivity index (χ4v) is 0.842. The van der Waals surface area contributed by atoms with E-state index in [1.807, 2.05) is 51.1 Å². The normalized spacial score (nSPS) is 9.77. The van der Waals surface area contributed by atoms with Crippen molar-refractivity contribution >= 4 is 0 Å². The minimum absolute atomic E-state index is 0.0959. The highest BCUT2D eigenvalue weighted by molar-refractivity contribution is 5.21. The van der Waals surface area contributed by atoms with E-state index < -0.39 is 0 Å². The van der Waals surface area contributed by atoms with E-state index in [9.17, 15) is 0 Å². The van der Waals surface area contributed by atoms with Crippen molar-refractivity contribution in [1.82, 2.24) is 0 Å². The van der Waals surface area contributed by atoms with Crippen LogP contribution in [0.4, 0.5) is 0 Å². The summed E-state index contributed by atoms with van der Waals surface area (Å²) >= 11 is 0. The first-order valence-corrected chi connectivity index (χ1v) is 4.32. The number of hydrogen-bond acceptors (Lipinski definition) is 1. The van der Waals surface area contributed by atoms with Crippen LogP contribution in [0.15, 0.2) is 43.5 Å². The summed E-state index contributed by atoms with van der Waals surface area (Å²) in [5.41, 5.74) is -0.0959. The smallest absolute Gasteiger partial charge is 0.120 e. The number of rotatable bonds is 1. The molecule has 0 heterocycles. The van der Waals surface area contributed by atoms with Crippen LogP contribution >= 0.6 is 0 Å². The predicted molar refractivity (Wildman–Crippen MR) is 58.1 cm³/mol. The van der Waals surface area contributed by atoms with Crippen molar-refractivity contribution in [3.8, 4) is 5.75 Å². The van der Waals surface area contributed by atoms with E-state index in [1.54, 1.807) is 0 Å². The highest BCUT2D eigenvalue weighted by atomic mass is 16.5. The maximum absolute atomic E-state index is 5.60.